The van der Waals surface area contributed by atoms with E-state index < -0.39 is 17.6 Å². The largest absolute Gasteiger partial charge is 0.417 e. The minimum absolute atomic E-state index is 0.102. The van der Waals surface area contributed by atoms with Crippen LogP contribution in [0.5, 0.6) is 0 Å². The zero-order chi connectivity index (χ0) is 16.0. The van der Waals surface area contributed by atoms with Gasteiger partial charge in [0.25, 0.3) is 0 Å². The van der Waals surface area contributed by atoms with Crippen molar-refractivity contribution in [1.29, 1.82) is 0 Å². The maximum absolute atomic E-state index is 12.8. The third-order valence-corrected chi connectivity index (χ3v) is 2.87. The molecule has 2 rings (SSSR count). The fraction of sp³-hybridized carbons (Fsp3) is 0.125. The van der Waals surface area contributed by atoms with Gasteiger partial charge in [-0.3, -0.25) is 4.79 Å². The monoisotopic (exact) mass is 306 g/mol. The number of hydrogen-bond acceptors (Lipinski definition) is 2. The molecule has 114 valence electrons. The van der Waals surface area contributed by atoms with Gasteiger partial charge in [0.1, 0.15) is 0 Å². The van der Waals surface area contributed by atoms with Crippen molar-refractivity contribution >= 4 is 12.1 Å². The van der Waals surface area contributed by atoms with Crippen LogP contribution < -0.4 is 5.43 Å². The molecule has 0 aliphatic rings. The Morgan fingerprint density at radius 3 is 2.36 bits per heavy atom. The smallest absolute Gasteiger partial charge is 0.273 e. The van der Waals surface area contributed by atoms with E-state index in [9.17, 15) is 18.0 Å². The summed E-state index contributed by atoms with van der Waals surface area (Å²) in [4.78, 5) is 11.6. The van der Waals surface area contributed by atoms with Crippen LogP contribution in [0.4, 0.5) is 13.2 Å². The van der Waals surface area contributed by atoms with E-state index in [1.165, 1.54) is 18.2 Å². The van der Waals surface area contributed by atoms with E-state index in [2.05, 4.69) is 10.5 Å². The molecule has 0 aliphatic heterocycles. The summed E-state index contributed by atoms with van der Waals surface area (Å²) in [7, 11) is 0. The number of halogens is 3. The Labute approximate surface area is 125 Å². The van der Waals surface area contributed by atoms with Crippen molar-refractivity contribution in [3.05, 3.63) is 71.3 Å². The normalized spacial score (nSPS) is 11.6. The van der Waals surface area contributed by atoms with Crippen molar-refractivity contribution in [3.63, 3.8) is 0 Å². The lowest BCUT2D eigenvalue weighted by Crippen LogP contribution is -2.20. The molecule has 1 amide bonds. The first kappa shape index (κ1) is 15.8. The van der Waals surface area contributed by atoms with Crippen molar-refractivity contribution in [2.24, 2.45) is 5.10 Å². The zero-order valence-electron chi connectivity index (χ0n) is 11.5. The van der Waals surface area contributed by atoms with Gasteiger partial charge in [0.15, 0.2) is 0 Å². The molecule has 0 aliphatic carbocycles. The molecule has 1 N–H and O–H groups in total. The Hall–Kier alpha value is -2.63. The molecular formula is C16H13F3N2O. The molecule has 0 radical (unpaired) electrons. The summed E-state index contributed by atoms with van der Waals surface area (Å²) in [6, 6.07) is 14.0. The van der Waals surface area contributed by atoms with E-state index in [0.29, 0.717) is 0 Å². The van der Waals surface area contributed by atoms with Crippen LogP contribution in [0, 0.1) is 0 Å². The van der Waals surface area contributed by atoms with Crippen LogP contribution in [0.2, 0.25) is 0 Å². The second-order valence-electron chi connectivity index (χ2n) is 4.54. The van der Waals surface area contributed by atoms with Crippen molar-refractivity contribution in [1.82, 2.24) is 5.43 Å². The number of carbonyl (C=O) groups is 1. The van der Waals surface area contributed by atoms with Crippen molar-refractivity contribution in [3.8, 4) is 0 Å². The van der Waals surface area contributed by atoms with Crippen molar-refractivity contribution in [2.75, 3.05) is 0 Å². The van der Waals surface area contributed by atoms with Crippen molar-refractivity contribution < 1.29 is 18.0 Å². The van der Waals surface area contributed by atoms with Crippen LogP contribution >= 0.6 is 0 Å². The fourth-order valence-corrected chi connectivity index (χ4v) is 1.86. The average Bonchev–Trinajstić information content (AvgIpc) is 2.48. The number of alkyl halides is 3. The Bertz CT molecular complexity index is 667. The van der Waals surface area contributed by atoms with Crippen LogP contribution in [0.15, 0.2) is 59.7 Å². The van der Waals surface area contributed by atoms with Gasteiger partial charge >= 0.3 is 6.18 Å². The molecule has 0 fully saturated rings. The molecule has 2 aromatic carbocycles. The maximum atomic E-state index is 12.8. The van der Waals surface area contributed by atoms with Gasteiger partial charge in [-0.25, -0.2) is 5.43 Å². The first-order chi connectivity index (χ1) is 10.5. The van der Waals surface area contributed by atoms with E-state index in [4.69, 9.17) is 0 Å². The highest BCUT2D eigenvalue weighted by atomic mass is 19.4. The molecular weight excluding hydrogens is 293 g/mol. The number of rotatable bonds is 4. The molecule has 0 heterocycles. The van der Waals surface area contributed by atoms with E-state index in [0.717, 1.165) is 17.8 Å². The van der Waals surface area contributed by atoms with E-state index in [1.807, 2.05) is 6.07 Å². The third-order valence-electron chi connectivity index (χ3n) is 2.87. The van der Waals surface area contributed by atoms with Gasteiger partial charge in [-0.1, -0.05) is 48.5 Å². The molecule has 0 aromatic heterocycles. The highest BCUT2D eigenvalue weighted by Crippen LogP contribution is 2.30. The lowest BCUT2D eigenvalue weighted by Gasteiger charge is -2.09. The molecule has 3 nitrogen and oxygen atoms in total. The lowest BCUT2D eigenvalue weighted by molar-refractivity contribution is -0.137. The molecule has 0 saturated heterocycles. The number of amides is 1. The second-order valence-corrected chi connectivity index (χ2v) is 4.54. The minimum Gasteiger partial charge on any atom is -0.273 e. The Balaban J connectivity index is 2.00. The summed E-state index contributed by atoms with van der Waals surface area (Å²) in [5.74, 6) is -0.396. The first-order valence-electron chi connectivity index (χ1n) is 6.49. The highest BCUT2D eigenvalue weighted by molar-refractivity contribution is 5.84. The molecule has 2 aromatic rings. The lowest BCUT2D eigenvalue weighted by atomic mass is 10.1. The fourth-order valence-electron chi connectivity index (χ4n) is 1.86. The van der Waals surface area contributed by atoms with Crippen LogP contribution in [-0.4, -0.2) is 12.1 Å². The standard InChI is InChI=1S/C16H13F3N2O/c17-16(18,19)14-9-5-4-8-13(14)11-20-21-15(22)10-12-6-2-1-3-7-12/h1-9,11H,10H2,(H,21,22)/b20-11+. The quantitative estimate of drug-likeness (QED) is 0.682. The molecule has 0 atom stereocenters. The van der Waals surface area contributed by atoms with Crippen molar-refractivity contribution in [2.45, 2.75) is 12.6 Å². The van der Waals surface area contributed by atoms with E-state index >= 15 is 0 Å². The maximum Gasteiger partial charge on any atom is 0.417 e. The third kappa shape index (κ3) is 4.44. The van der Waals surface area contributed by atoms with Gasteiger partial charge in [-0.2, -0.15) is 18.3 Å². The first-order valence-corrected chi connectivity index (χ1v) is 6.49. The van der Waals surface area contributed by atoms with Crippen LogP contribution in [0.1, 0.15) is 16.7 Å². The SMILES string of the molecule is O=C(Cc1ccccc1)N/N=C/c1ccccc1C(F)(F)F. The van der Waals surface area contributed by atoms with Crippen LogP contribution in [0.3, 0.4) is 0 Å². The van der Waals surface area contributed by atoms with Gasteiger partial charge in [0, 0.05) is 5.56 Å². The van der Waals surface area contributed by atoms with Gasteiger partial charge in [0.05, 0.1) is 18.2 Å². The summed E-state index contributed by atoms with van der Waals surface area (Å²) in [5, 5.41) is 3.59. The molecule has 0 bridgehead atoms. The number of nitrogens with one attached hydrogen (secondary N) is 1. The van der Waals surface area contributed by atoms with Gasteiger partial charge in [-0.15, -0.1) is 0 Å². The Kier molecular flexibility index (Phi) is 4.93. The van der Waals surface area contributed by atoms with Crippen LogP contribution in [-0.2, 0) is 17.4 Å². The summed E-state index contributed by atoms with van der Waals surface area (Å²) < 4.78 is 38.3. The van der Waals surface area contributed by atoms with Gasteiger partial charge < -0.3 is 0 Å². The predicted molar refractivity (Wildman–Crippen MR) is 77.3 cm³/mol. The van der Waals surface area contributed by atoms with Crippen LogP contribution in [0.25, 0.3) is 0 Å². The summed E-state index contributed by atoms with van der Waals surface area (Å²) >= 11 is 0. The summed E-state index contributed by atoms with van der Waals surface area (Å²) in [6.45, 7) is 0. The number of nitrogens with zero attached hydrogens (tertiary/aromatic N) is 1. The van der Waals surface area contributed by atoms with Gasteiger partial charge in [-0.05, 0) is 11.6 Å². The van der Waals surface area contributed by atoms with E-state index in [1.54, 1.807) is 24.3 Å². The zero-order valence-corrected chi connectivity index (χ0v) is 11.5. The number of hydrogen-bond donors (Lipinski definition) is 1. The molecule has 0 unspecified atom stereocenters. The average molecular weight is 306 g/mol. The molecule has 0 saturated carbocycles. The number of benzene rings is 2. The Morgan fingerprint density at radius 1 is 1.05 bits per heavy atom. The molecule has 22 heavy (non-hydrogen) atoms. The molecule has 6 heteroatoms. The summed E-state index contributed by atoms with van der Waals surface area (Å²) in [5.41, 5.74) is 2.12. The molecule has 0 spiro atoms. The number of carbonyl (C=O) groups excluding carboxylic acids is 1. The topological polar surface area (TPSA) is 41.5 Å². The second kappa shape index (κ2) is 6.89. The Morgan fingerprint density at radius 2 is 1.68 bits per heavy atom. The van der Waals surface area contributed by atoms with Gasteiger partial charge in [0.2, 0.25) is 5.91 Å². The van der Waals surface area contributed by atoms with E-state index in [-0.39, 0.29) is 12.0 Å². The highest BCUT2D eigenvalue weighted by Gasteiger charge is 2.32. The number of hydrazone groups is 1. The predicted octanol–water partition coefficient (Wildman–Crippen LogP) is 3.40. The minimum atomic E-state index is -4.46. The summed E-state index contributed by atoms with van der Waals surface area (Å²) in [6.07, 6.45) is -3.36.